The van der Waals surface area contributed by atoms with E-state index in [-0.39, 0.29) is 10.8 Å². The van der Waals surface area contributed by atoms with Crippen LogP contribution in [0, 0.1) is 27.7 Å². The predicted molar refractivity (Wildman–Crippen MR) is 114 cm³/mol. The Bertz CT molecular complexity index is 1160. The van der Waals surface area contributed by atoms with E-state index in [1.165, 1.54) is 6.92 Å². The van der Waals surface area contributed by atoms with Crippen molar-refractivity contribution < 1.29 is 22.3 Å². The minimum atomic E-state index is -4.33. The summed E-state index contributed by atoms with van der Waals surface area (Å²) in [6, 6.07) is 11.3. The number of nitrogens with two attached hydrogens (primary N) is 1. The Kier molecular flexibility index (Phi) is 7.22. The quantitative estimate of drug-likeness (QED) is 0.368. The molecule has 0 fully saturated rings. The summed E-state index contributed by atoms with van der Waals surface area (Å²) < 4.78 is 36.3. The maximum atomic E-state index is 10.8. The molecule has 0 saturated heterocycles. The lowest BCUT2D eigenvalue weighted by Crippen LogP contribution is -2.42. The second-order valence-electron chi connectivity index (χ2n) is 7.22. The zero-order chi connectivity index (χ0) is 22.6. The molecule has 1 aromatic heterocycles. The van der Waals surface area contributed by atoms with Crippen molar-refractivity contribution in [2.24, 2.45) is 0 Å². The van der Waals surface area contributed by atoms with Crippen LogP contribution in [0.4, 0.5) is 0 Å². The fourth-order valence-electron chi connectivity index (χ4n) is 3.56. The first-order valence-electron chi connectivity index (χ1n) is 9.46. The summed E-state index contributed by atoms with van der Waals surface area (Å²) in [5, 5.41) is 2.79. The van der Waals surface area contributed by atoms with E-state index in [4.69, 9.17) is 5.84 Å². The highest BCUT2D eigenvalue weighted by Crippen LogP contribution is 2.20. The molecule has 0 radical (unpaired) electrons. The number of nitrogens with one attached hydrogen (secondary N) is 1. The first kappa shape index (κ1) is 23.4. The van der Waals surface area contributed by atoms with E-state index in [1.807, 2.05) is 38.1 Å². The van der Waals surface area contributed by atoms with E-state index in [2.05, 4.69) is 9.88 Å². The topological polar surface area (TPSA) is 121 Å². The van der Waals surface area contributed by atoms with Gasteiger partial charge < -0.3 is 9.87 Å². The molecule has 0 saturated carbocycles. The molecule has 3 aromatic rings. The second kappa shape index (κ2) is 9.27. The predicted octanol–water partition coefficient (Wildman–Crippen LogP) is 1.60. The maximum absolute atomic E-state index is 10.8. The monoisotopic (exact) mass is 432 g/mol. The van der Waals surface area contributed by atoms with Crippen molar-refractivity contribution in [2.45, 2.75) is 46.1 Å². The Labute approximate surface area is 177 Å². The molecule has 0 aliphatic heterocycles. The molecule has 3 N–H and O–H groups in total. The summed E-state index contributed by atoms with van der Waals surface area (Å²) in [5.41, 5.74) is 4.08. The normalized spacial score (nSPS) is 11.1. The van der Waals surface area contributed by atoms with Crippen LogP contribution >= 0.6 is 0 Å². The molecule has 1 heterocycles. The molecule has 30 heavy (non-hydrogen) atoms. The number of para-hydroxylation sites is 2. The van der Waals surface area contributed by atoms with Gasteiger partial charge in [-0.15, -0.1) is 4.68 Å². The van der Waals surface area contributed by atoms with E-state index in [1.54, 1.807) is 30.7 Å². The third kappa shape index (κ3) is 5.37. The molecule has 9 heteroatoms. The first-order valence-corrected chi connectivity index (χ1v) is 10.9. The van der Waals surface area contributed by atoms with Gasteiger partial charge in [-0.05, 0) is 44.0 Å². The zero-order valence-electron chi connectivity index (χ0n) is 17.9. The molecule has 0 aliphatic carbocycles. The maximum Gasteiger partial charge on any atom is 0.277 e. The third-order valence-electron chi connectivity index (χ3n) is 4.74. The van der Waals surface area contributed by atoms with Crippen molar-refractivity contribution >= 4 is 27.1 Å². The highest BCUT2D eigenvalue weighted by Gasteiger charge is 2.18. The lowest BCUT2D eigenvalue weighted by molar-refractivity contribution is -0.676. The summed E-state index contributed by atoms with van der Waals surface area (Å²) >= 11 is 0. The second-order valence-corrected chi connectivity index (χ2v) is 8.54. The number of nitrogens with zero attached hydrogens (tertiary/aromatic N) is 2. The molecule has 2 aromatic carbocycles. The molecule has 8 nitrogen and oxygen atoms in total. The number of imidazole rings is 1. The Morgan fingerprint density at radius 3 is 2.23 bits per heavy atom. The van der Waals surface area contributed by atoms with Crippen LogP contribution in [-0.2, 0) is 21.5 Å². The van der Waals surface area contributed by atoms with Crippen LogP contribution in [0.1, 0.15) is 29.4 Å². The van der Waals surface area contributed by atoms with Crippen molar-refractivity contribution in [1.29, 1.82) is 0 Å². The van der Waals surface area contributed by atoms with Crippen LogP contribution in [0.25, 0.3) is 11.0 Å². The van der Waals surface area contributed by atoms with Crippen LogP contribution in [0.5, 0.6) is 0 Å². The van der Waals surface area contributed by atoms with Crippen LogP contribution in [-0.4, -0.2) is 30.1 Å². The van der Waals surface area contributed by atoms with Gasteiger partial charge >= 0.3 is 0 Å². The minimum absolute atomic E-state index is 0.0141. The fraction of sp³-hybridized carbons (Fsp3) is 0.333. The molecule has 1 amide bonds. The van der Waals surface area contributed by atoms with E-state index in [9.17, 15) is 17.8 Å². The number of carbonyl (C=O) groups excluding carboxylic acids is 1. The SMILES string of the molecule is CC(=O)NCC[n+]1c(C)n(N)c2ccccc21.Cc1cc(C)c(S(=O)(=O)[O-])c(C)c1. The first-order chi connectivity index (χ1) is 13.9. The average Bonchev–Trinajstić information content (AvgIpc) is 2.85. The van der Waals surface area contributed by atoms with Crippen molar-refractivity contribution in [3.63, 3.8) is 0 Å². The lowest BCUT2D eigenvalue weighted by Gasteiger charge is -2.14. The molecule has 3 rings (SSSR count). The Morgan fingerprint density at radius 1 is 1.13 bits per heavy atom. The fourth-order valence-corrected chi connectivity index (χ4v) is 4.47. The van der Waals surface area contributed by atoms with Crippen LogP contribution in [0.15, 0.2) is 41.3 Å². The van der Waals surface area contributed by atoms with E-state index >= 15 is 0 Å². The third-order valence-corrected chi connectivity index (χ3v) is 5.88. The molecular formula is C21H28N4O4S. The summed E-state index contributed by atoms with van der Waals surface area (Å²) in [5.74, 6) is 6.93. The molecule has 0 spiro atoms. The number of benzene rings is 2. The van der Waals surface area contributed by atoms with Gasteiger partial charge in [0.15, 0.2) is 11.0 Å². The smallest absolute Gasteiger partial charge is 0.277 e. The highest BCUT2D eigenvalue weighted by molar-refractivity contribution is 7.85. The number of hydrogen-bond acceptors (Lipinski definition) is 5. The number of hydrogen-bond donors (Lipinski definition) is 2. The highest BCUT2D eigenvalue weighted by atomic mass is 32.2. The van der Waals surface area contributed by atoms with Gasteiger partial charge in [0.1, 0.15) is 16.7 Å². The molecule has 0 bridgehead atoms. The van der Waals surface area contributed by atoms with Crippen molar-refractivity contribution in [1.82, 2.24) is 9.99 Å². The van der Waals surface area contributed by atoms with Gasteiger partial charge in [0.05, 0.1) is 11.4 Å². The Hall–Kier alpha value is -2.91. The zero-order valence-corrected chi connectivity index (χ0v) is 18.7. The van der Waals surface area contributed by atoms with Gasteiger partial charge in [0.25, 0.3) is 5.82 Å². The van der Waals surface area contributed by atoms with Gasteiger partial charge in [-0.1, -0.05) is 29.8 Å². The molecule has 0 unspecified atom stereocenters. The molecule has 162 valence electrons. The number of rotatable bonds is 4. The summed E-state index contributed by atoms with van der Waals surface area (Å²) in [7, 11) is -4.33. The van der Waals surface area contributed by atoms with Crippen LogP contribution in [0.3, 0.4) is 0 Å². The van der Waals surface area contributed by atoms with Crippen LogP contribution < -0.4 is 15.7 Å². The van der Waals surface area contributed by atoms with Gasteiger partial charge in [0, 0.05) is 13.8 Å². The Morgan fingerprint density at radius 2 is 1.70 bits per heavy atom. The van der Waals surface area contributed by atoms with Crippen LogP contribution in [0.2, 0.25) is 0 Å². The number of amides is 1. The number of nitrogen functional groups attached to an aromatic ring is 1. The number of carbonyl (C=O) groups is 1. The number of aryl methyl sites for hydroxylation is 3. The van der Waals surface area contributed by atoms with Gasteiger partial charge in [0.2, 0.25) is 5.91 Å². The average molecular weight is 433 g/mol. The largest absolute Gasteiger partial charge is 0.744 e. The molecular weight excluding hydrogens is 404 g/mol. The summed E-state index contributed by atoms with van der Waals surface area (Å²) in [6.07, 6.45) is 0. The van der Waals surface area contributed by atoms with E-state index in [0.29, 0.717) is 17.7 Å². The summed E-state index contributed by atoms with van der Waals surface area (Å²) in [4.78, 5) is 10.8. The minimum Gasteiger partial charge on any atom is -0.744 e. The van der Waals surface area contributed by atoms with E-state index in [0.717, 1.165) is 29.0 Å². The van der Waals surface area contributed by atoms with E-state index < -0.39 is 10.1 Å². The lowest BCUT2D eigenvalue weighted by atomic mass is 10.1. The molecule has 0 aliphatic rings. The van der Waals surface area contributed by atoms with Gasteiger partial charge in [-0.25, -0.2) is 13.0 Å². The van der Waals surface area contributed by atoms with Crippen molar-refractivity contribution in [3.05, 3.63) is 58.9 Å². The number of aromatic nitrogens is 2. The number of fused-ring (bicyclic) bond motifs is 1. The molecule has 0 atom stereocenters. The Balaban J connectivity index is 0.000000222. The standard InChI is InChI=1S/C12H16N4O.C9H12O3S/c1-9(17)14-7-8-15-10(2)16(13)12-6-4-3-5-11(12)15;1-6-4-7(2)9(8(3)5-6)13(10,11)12/h3-6H,7-8,13H2,1-2H3;4-5H,1-3H3,(H,10,11,12). The van der Waals surface area contributed by atoms with Gasteiger partial charge in [-0.3, -0.25) is 10.6 Å². The van der Waals surface area contributed by atoms with Crippen molar-refractivity contribution in [3.8, 4) is 0 Å². The summed E-state index contributed by atoms with van der Waals surface area (Å²) in [6.45, 7) is 9.93. The van der Waals surface area contributed by atoms with Crippen molar-refractivity contribution in [2.75, 3.05) is 12.4 Å². The van der Waals surface area contributed by atoms with Gasteiger partial charge in [-0.2, -0.15) is 0 Å².